The number of nitrogens with one attached hydrogen (secondary N) is 2. The van der Waals surface area contributed by atoms with Crippen molar-refractivity contribution >= 4 is 24.2 Å². The third kappa shape index (κ3) is 6.73. The van der Waals surface area contributed by atoms with Crippen LogP contribution < -0.4 is 16.4 Å². The average molecular weight is 290 g/mol. The molecule has 1 aromatic carbocycles. The molecule has 5 nitrogen and oxygen atoms in total. The van der Waals surface area contributed by atoms with Gasteiger partial charge in [0.25, 0.3) is 5.91 Å². The Morgan fingerprint density at radius 3 is 2.26 bits per heavy atom. The highest BCUT2D eigenvalue weighted by Crippen LogP contribution is 2.01. The second kappa shape index (κ2) is 9.29. The first kappa shape index (κ1) is 17.3. The highest BCUT2D eigenvalue weighted by Gasteiger charge is 2.04. The average Bonchev–Trinajstić information content (AvgIpc) is 2.35. The summed E-state index contributed by atoms with van der Waals surface area (Å²) in [7, 11) is 0. The summed E-state index contributed by atoms with van der Waals surface area (Å²) < 4.78 is 12.6. The Morgan fingerprint density at radius 2 is 1.68 bits per heavy atom. The first-order chi connectivity index (χ1) is 8.63. The van der Waals surface area contributed by atoms with Crippen molar-refractivity contribution in [1.82, 2.24) is 10.6 Å². The maximum atomic E-state index is 12.6. The Hall–Kier alpha value is -1.66. The van der Waals surface area contributed by atoms with Gasteiger partial charge in [-0.2, -0.15) is 0 Å². The lowest BCUT2D eigenvalue weighted by molar-refractivity contribution is -0.120. The van der Waals surface area contributed by atoms with Crippen LogP contribution in [-0.2, 0) is 4.79 Å². The smallest absolute Gasteiger partial charge is 0.251 e. The van der Waals surface area contributed by atoms with Crippen LogP contribution in [0.5, 0.6) is 0 Å². The maximum Gasteiger partial charge on any atom is 0.251 e. The zero-order valence-corrected chi connectivity index (χ0v) is 11.1. The molecular formula is C12H17ClFN3O2. The molecule has 0 aliphatic carbocycles. The van der Waals surface area contributed by atoms with E-state index in [0.717, 1.165) is 0 Å². The predicted molar refractivity (Wildman–Crippen MR) is 72.7 cm³/mol. The van der Waals surface area contributed by atoms with Gasteiger partial charge in [-0.15, -0.1) is 12.4 Å². The number of rotatable bonds is 6. The fraction of sp³-hybridized carbons (Fsp3) is 0.333. The molecule has 0 aliphatic heterocycles. The normalized spacial score (nSPS) is 9.37. The fourth-order valence-electron chi connectivity index (χ4n) is 1.30. The molecule has 7 heteroatoms. The molecule has 1 rings (SSSR count). The van der Waals surface area contributed by atoms with E-state index in [1.807, 2.05) is 0 Å². The van der Waals surface area contributed by atoms with Crippen molar-refractivity contribution in [3.05, 3.63) is 35.6 Å². The van der Waals surface area contributed by atoms with Crippen molar-refractivity contribution in [3.63, 3.8) is 0 Å². The minimum Gasteiger partial charge on any atom is -0.354 e. The van der Waals surface area contributed by atoms with E-state index < -0.39 is 0 Å². The van der Waals surface area contributed by atoms with Gasteiger partial charge in [0.05, 0.1) is 0 Å². The van der Waals surface area contributed by atoms with E-state index in [1.165, 1.54) is 24.3 Å². The zero-order chi connectivity index (χ0) is 13.4. The number of carbonyl (C=O) groups is 2. The number of carbonyl (C=O) groups excluding carboxylic acids is 2. The fourth-order valence-corrected chi connectivity index (χ4v) is 1.30. The summed E-state index contributed by atoms with van der Waals surface area (Å²) >= 11 is 0. The molecule has 0 bridgehead atoms. The van der Waals surface area contributed by atoms with E-state index >= 15 is 0 Å². The van der Waals surface area contributed by atoms with Crippen LogP contribution in [0.1, 0.15) is 16.8 Å². The summed E-state index contributed by atoms with van der Waals surface area (Å²) in [5, 5.41) is 5.21. The van der Waals surface area contributed by atoms with Crippen LogP contribution in [0, 0.1) is 5.82 Å². The molecule has 0 saturated carbocycles. The standard InChI is InChI=1S/C12H16FN3O2.ClH/c13-10-3-1-9(2-4-10)12(18)16-8-7-15-11(17)5-6-14;/h1-4H,5-8,14H2,(H,15,17)(H,16,18);1H. The van der Waals surface area contributed by atoms with Crippen molar-refractivity contribution in [3.8, 4) is 0 Å². The van der Waals surface area contributed by atoms with Crippen molar-refractivity contribution in [1.29, 1.82) is 0 Å². The third-order valence-electron chi connectivity index (χ3n) is 2.21. The van der Waals surface area contributed by atoms with Gasteiger partial charge in [0, 0.05) is 31.6 Å². The van der Waals surface area contributed by atoms with E-state index in [-0.39, 0.29) is 36.5 Å². The Morgan fingerprint density at radius 1 is 1.11 bits per heavy atom. The molecule has 19 heavy (non-hydrogen) atoms. The van der Waals surface area contributed by atoms with Gasteiger partial charge in [-0.25, -0.2) is 4.39 Å². The van der Waals surface area contributed by atoms with Gasteiger partial charge in [0.2, 0.25) is 5.91 Å². The highest BCUT2D eigenvalue weighted by atomic mass is 35.5. The largest absolute Gasteiger partial charge is 0.354 e. The molecule has 0 saturated heterocycles. The number of hydrogen-bond donors (Lipinski definition) is 3. The van der Waals surface area contributed by atoms with Gasteiger partial charge < -0.3 is 16.4 Å². The number of hydrogen-bond acceptors (Lipinski definition) is 3. The summed E-state index contributed by atoms with van der Waals surface area (Å²) in [5.41, 5.74) is 5.59. The van der Waals surface area contributed by atoms with E-state index in [9.17, 15) is 14.0 Å². The van der Waals surface area contributed by atoms with Crippen LogP contribution in [0.15, 0.2) is 24.3 Å². The number of halogens is 2. The molecule has 0 radical (unpaired) electrons. The molecule has 0 spiro atoms. The van der Waals surface area contributed by atoms with E-state index in [1.54, 1.807) is 0 Å². The maximum absolute atomic E-state index is 12.6. The summed E-state index contributed by atoms with van der Waals surface area (Å²) in [4.78, 5) is 22.6. The second-order valence-corrected chi connectivity index (χ2v) is 3.65. The van der Waals surface area contributed by atoms with E-state index in [0.29, 0.717) is 25.2 Å². The lowest BCUT2D eigenvalue weighted by Crippen LogP contribution is -2.35. The van der Waals surface area contributed by atoms with Crippen LogP contribution in [0.2, 0.25) is 0 Å². The third-order valence-corrected chi connectivity index (χ3v) is 2.21. The number of amides is 2. The van der Waals surface area contributed by atoms with Gasteiger partial charge in [-0.05, 0) is 24.3 Å². The van der Waals surface area contributed by atoms with Gasteiger partial charge in [0.1, 0.15) is 5.82 Å². The molecule has 0 heterocycles. The first-order valence-electron chi connectivity index (χ1n) is 5.64. The lowest BCUT2D eigenvalue weighted by atomic mass is 10.2. The topological polar surface area (TPSA) is 84.2 Å². The SMILES string of the molecule is Cl.NCCC(=O)NCCNC(=O)c1ccc(F)cc1. The van der Waals surface area contributed by atoms with Crippen molar-refractivity contribution < 1.29 is 14.0 Å². The van der Waals surface area contributed by atoms with Crippen molar-refractivity contribution in [2.75, 3.05) is 19.6 Å². The zero-order valence-electron chi connectivity index (χ0n) is 10.3. The molecular weight excluding hydrogens is 273 g/mol. The Labute approximate surface area is 117 Å². The first-order valence-corrected chi connectivity index (χ1v) is 5.64. The molecule has 0 aromatic heterocycles. The van der Waals surface area contributed by atoms with Crippen molar-refractivity contribution in [2.45, 2.75) is 6.42 Å². The van der Waals surface area contributed by atoms with Crippen molar-refractivity contribution in [2.24, 2.45) is 5.73 Å². The molecule has 0 aliphatic rings. The Balaban J connectivity index is 0.00000324. The molecule has 0 atom stereocenters. The predicted octanol–water partition coefficient (Wildman–Crippen LogP) is 0.442. The molecule has 0 fully saturated rings. The highest BCUT2D eigenvalue weighted by molar-refractivity contribution is 5.94. The summed E-state index contributed by atoms with van der Waals surface area (Å²) in [6.07, 6.45) is 0.270. The summed E-state index contributed by atoms with van der Waals surface area (Å²) in [6.45, 7) is 0.950. The molecule has 2 amide bonds. The molecule has 4 N–H and O–H groups in total. The van der Waals surface area contributed by atoms with E-state index in [4.69, 9.17) is 5.73 Å². The second-order valence-electron chi connectivity index (χ2n) is 3.65. The summed E-state index contributed by atoms with van der Waals surface area (Å²) in [6, 6.07) is 5.24. The minimum absolute atomic E-state index is 0. The monoisotopic (exact) mass is 289 g/mol. The van der Waals surface area contributed by atoms with Crippen LogP contribution in [0.4, 0.5) is 4.39 Å². The van der Waals surface area contributed by atoms with Gasteiger partial charge in [0.15, 0.2) is 0 Å². The van der Waals surface area contributed by atoms with Gasteiger partial charge in [-0.3, -0.25) is 9.59 Å². The van der Waals surface area contributed by atoms with Crippen LogP contribution >= 0.6 is 12.4 Å². The number of benzene rings is 1. The Bertz CT molecular complexity index is 412. The van der Waals surface area contributed by atoms with E-state index in [2.05, 4.69) is 10.6 Å². The minimum atomic E-state index is -0.388. The summed E-state index contributed by atoms with van der Waals surface area (Å²) in [5.74, 6) is -0.836. The van der Waals surface area contributed by atoms with Crippen LogP contribution in [0.3, 0.4) is 0 Å². The molecule has 0 unspecified atom stereocenters. The Kier molecular flexibility index (Phi) is 8.48. The quantitative estimate of drug-likeness (QED) is 0.665. The van der Waals surface area contributed by atoms with Crippen LogP contribution in [0.25, 0.3) is 0 Å². The number of nitrogens with two attached hydrogens (primary N) is 1. The molecule has 106 valence electrons. The van der Waals surface area contributed by atoms with Crippen LogP contribution in [-0.4, -0.2) is 31.4 Å². The van der Waals surface area contributed by atoms with Gasteiger partial charge in [-0.1, -0.05) is 0 Å². The van der Waals surface area contributed by atoms with Gasteiger partial charge >= 0.3 is 0 Å². The molecule has 1 aromatic rings. The lowest BCUT2D eigenvalue weighted by Gasteiger charge is -2.06.